The van der Waals surface area contributed by atoms with E-state index in [1.807, 2.05) is 29.6 Å². The van der Waals surface area contributed by atoms with E-state index < -0.39 is 17.5 Å². The van der Waals surface area contributed by atoms with E-state index in [1.165, 1.54) is 6.92 Å². The van der Waals surface area contributed by atoms with Gasteiger partial charge in [0.05, 0.1) is 17.3 Å². The molecule has 8 nitrogen and oxygen atoms in total. The minimum Gasteiger partial charge on any atom is -0.493 e. The van der Waals surface area contributed by atoms with E-state index in [1.54, 1.807) is 16.2 Å². The zero-order valence-electron chi connectivity index (χ0n) is 20.7. The van der Waals surface area contributed by atoms with Crippen LogP contribution in [0.2, 0.25) is 0 Å². The van der Waals surface area contributed by atoms with Crippen LogP contribution in [0, 0.1) is 6.92 Å². The fourth-order valence-corrected chi connectivity index (χ4v) is 6.34. The van der Waals surface area contributed by atoms with Crippen LogP contribution in [0.1, 0.15) is 59.3 Å². The number of aryl methyl sites for hydroxylation is 1. The maximum Gasteiger partial charge on any atom is 0.435 e. The van der Waals surface area contributed by atoms with Crippen molar-refractivity contribution in [2.24, 2.45) is 5.16 Å². The largest absolute Gasteiger partial charge is 0.493 e. The van der Waals surface area contributed by atoms with Gasteiger partial charge in [-0.05, 0) is 31.9 Å². The summed E-state index contributed by atoms with van der Waals surface area (Å²) in [6.45, 7) is 2.93. The predicted molar refractivity (Wildman–Crippen MR) is 133 cm³/mol. The van der Waals surface area contributed by atoms with Gasteiger partial charge in [0.1, 0.15) is 18.0 Å². The quantitative estimate of drug-likeness (QED) is 0.467. The lowest BCUT2D eigenvalue weighted by molar-refractivity contribution is -0.142. The number of para-hydroxylation sites is 1. The summed E-state index contributed by atoms with van der Waals surface area (Å²) >= 11 is 1.59. The highest BCUT2D eigenvalue weighted by Gasteiger charge is 2.46. The Bertz CT molecular complexity index is 1390. The van der Waals surface area contributed by atoms with E-state index >= 15 is 0 Å². The van der Waals surface area contributed by atoms with Crippen molar-refractivity contribution in [3.63, 3.8) is 0 Å². The third-order valence-electron chi connectivity index (χ3n) is 7.50. The number of hydrogen-bond donors (Lipinski definition) is 0. The summed E-state index contributed by atoms with van der Waals surface area (Å²) < 4.78 is 45.7. The molecule has 0 aliphatic carbocycles. The van der Waals surface area contributed by atoms with Crippen molar-refractivity contribution < 1.29 is 27.5 Å². The molecule has 1 saturated heterocycles. The molecule has 0 N–H and O–H groups in total. The lowest BCUT2D eigenvalue weighted by atomic mass is 9.84. The molecular weight excluding hydrogens is 519 g/mol. The second-order valence-corrected chi connectivity index (χ2v) is 10.8. The molecule has 0 saturated carbocycles. The first-order chi connectivity index (χ1) is 18.2. The Labute approximate surface area is 221 Å². The number of hydrogen-bond acceptors (Lipinski definition) is 7. The van der Waals surface area contributed by atoms with Crippen LogP contribution < -0.4 is 4.74 Å². The van der Waals surface area contributed by atoms with Crippen LogP contribution >= 0.6 is 11.3 Å². The van der Waals surface area contributed by atoms with Gasteiger partial charge in [0.2, 0.25) is 5.91 Å². The molecule has 0 unspecified atom stereocenters. The molecule has 1 atom stereocenters. The Morgan fingerprint density at radius 3 is 2.79 bits per heavy atom. The maximum absolute atomic E-state index is 12.9. The number of fused-ring (bicyclic) bond motifs is 2. The number of benzene rings is 1. The standard InChI is InChI=1S/C26H26F3N5O3S/c1-16-12-22(26(27,28)29)31-34(16)14-23(35)33-9-6-17(7-10-33)24-30-20(15-38-24)19-13-25(37-32-19)8-11-36-21-5-3-2-4-18(21)25/h2-5,12,15,17H,6-11,13-14H2,1H3/t25-/m1/s1. The molecule has 1 aromatic carbocycles. The van der Waals surface area contributed by atoms with Gasteiger partial charge in [-0.25, -0.2) is 4.98 Å². The van der Waals surface area contributed by atoms with Crippen LogP contribution in [0.4, 0.5) is 13.2 Å². The second kappa shape index (κ2) is 9.40. The lowest BCUT2D eigenvalue weighted by Crippen LogP contribution is -2.40. The average Bonchev–Trinajstić information content (AvgIpc) is 3.64. The summed E-state index contributed by atoms with van der Waals surface area (Å²) in [7, 11) is 0. The summed E-state index contributed by atoms with van der Waals surface area (Å²) in [6, 6.07) is 8.86. The van der Waals surface area contributed by atoms with Crippen LogP contribution in [0.25, 0.3) is 0 Å². The van der Waals surface area contributed by atoms with E-state index in [2.05, 4.69) is 10.3 Å². The molecule has 38 heavy (non-hydrogen) atoms. The number of aromatic nitrogens is 3. The Kier molecular flexibility index (Phi) is 6.16. The van der Waals surface area contributed by atoms with E-state index in [9.17, 15) is 18.0 Å². The lowest BCUT2D eigenvalue weighted by Gasteiger charge is -2.32. The first-order valence-corrected chi connectivity index (χ1v) is 13.4. The maximum atomic E-state index is 12.9. The van der Waals surface area contributed by atoms with Crippen molar-refractivity contribution in [2.45, 2.75) is 56.8 Å². The number of ether oxygens (including phenoxy) is 1. The average molecular weight is 546 g/mol. The number of piperidine rings is 1. The number of likely N-dealkylation sites (tertiary alicyclic amines) is 1. The number of nitrogens with zero attached hydrogens (tertiary/aromatic N) is 5. The molecule has 6 rings (SSSR count). The first kappa shape index (κ1) is 24.9. The summed E-state index contributed by atoms with van der Waals surface area (Å²) in [5.74, 6) is 0.809. The van der Waals surface area contributed by atoms with Crippen LogP contribution in [-0.4, -0.2) is 51.0 Å². The molecule has 3 aromatic rings. The minimum absolute atomic E-state index is 0.205. The molecule has 1 amide bonds. The molecule has 5 heterocycles. The van der Waals surface area contributed by atoms with Gasteiger partial charge in [0.25, 0.3) is 0 Å². The number of alkyl halides is 3. The zero-order valence-corrected chi connectivity index (χ0v) is 21.5. The number of rotatable bonds is 4. The molecular formula is C26H26F3N5O3S. The Morgan fingerprint density at radius 1 is 1.24 bits per heavy atom. The van der Waals surface area contributed by atoms with E-state index in [0.29, 0.717) is 31.8 Å². The second-order valence-electron chi connectivity index (χ2n) is 9.95. The van der Waals surface area contributed by atoms with Gasteiger partial charge in [-0.2, -0.15) is 18.3 Å². The first-order valence-electron chi connectivity index (χ1n) is 12.5. The third-order valence-corrected chi connectivity index (χ3v) is 8.50. The highest BCUT2D eigenvalue weighted by atomic mass is 32.1. The van der Waals surface area contributed by atoms with Crippen molar-refractivity contribution in [3.05, 3.63) is 63.4 Å². The number of carbonyl (C=O) groups excluding carboxylic acids is 1. The van der Waals surface area contributed by atoms with E-state index in [-0.39, 0.29) is 18.4 Å². The van der Waals surface area contributed by atoms with Gasteiger partial charge in [0.15, 0.2) is 11.3 Å². The Hall–Kier alpha value is -3.41. The highest BCUT2D eigenvalue weighted by molar-refractivity contribution is 7.10. The van der Waals surface area contributed by atoms with Crippen molar-refractivity contribution in [3.8, 4) is 5.75 Å². The van der Waals surface area contributed by atoms with Crippen molar-refractivity contribution in [1.29, 1.82) is 0 Å². The van der Waals surface area contributed by atoms with Crippen molar-refractivity contribution >= 4 is 23.0 Å². The van der Waals surface area contributed by atoms with Crippen LogP contribution in [0.15, 0.2) is 40.9 Å². The van der Waals surface area contributed by atoms with Crippen LogP contribution in [-0.2, 0) is 28.0 Å². The molecule has 3 aliphatic rings. The molecule has 1 fully saturated rings. The molecule has 3 aliphatic heterocycles. The Balaban J connectivity index is 1.06. The topological polar surface area (TPSA) is 81.8 Å². The monoisotopic (exact) mass is 545 g/mol. The smallest absolute Gasteiger partial charge is 0.435 e. The van der Waals surface area contributed by atoms with Gasteiger partial charge < -0.3 is 14.5 Å². The number of halogens is 3. The molecule has 200 valence electrons. The van der Waals surface area contributed by atoms with Gasteiger partial charge in [-0.1, -0.05) is 23.4 Å². The summed E-state index contributed by atoms with van der Waals surface area (Å²) in [5, 5.41) is 11.0. The predicted octanol–water partition coefficient (Wildman–Crippen LogP) is 4.88. The molecule has 0 radical (unpaired) electrons. The summed E-state index contributed by atoms with van der Waals surface area (Å²) in [4.78, 5) is 25.3. The number of thiazole rings is 1. The normalized spacial score (nSPS) is 21.7. The zero-order chi connectivity index (χ0) is 26.5. The van der Waals surface area contributed by atoms with Gasteiger partial charge >= 0.3 is 6.18 Å². The number of amides is 1. The number of oxime groups is 1. The fraction of sp³-hybridized carbons (Fsp3) is 0.462. The van der Waals surface area contributed by atoms with Crippen molar-refractivity contribution in [1.82, 2.24) is 19.7 Å². The Morgan fingerprint density at radius 2 is 2.03 bits per heavy atom. The minimum atomic E-state index is -4.53. The SMILES string of the molecule is Cc1cc(C(F)(F)F)nn1CC(=O)N1CCC(c2nc(C3=NO[C@]4(CCOc5ccccc54)C3)cs2)CC1. The third kappa shape index (κ3) is 4.55. The van der Waals surface area contributed by atoms with Crippen LogP contribution in [0.5, 0.6) is 5.75 Å². The summed E-state index contributed by atoms with van der Waals surface area (Å²) in [5.41, 5.74) is 1.46. The molecule has 0 bridgehead atoms. The summed E-state index contributed by atoms with van der Waals surface area (Å²) in [6.07, 6.45) is -1.71. The van der Waals surface area contributed by atoms with E-state index in [0.717, 1.165) is 57.7 Å². The van der Waals surface area contributed by atoms with Gasteiger partial charge in [-0.3, -0.25) is 9.48 Å². The van der Waals surface area contributed by atoms with Crippen molar-refractivity contribution in [2.75, 3.05) is 19.7 Å². The van der Waals surface area contributed by atoms with Crippen LogP contribution in [0.3, 0.4) is 0 Å². The van der Waals surface area contributed by atoms with Gasteiger partial charge in [0, 0.05) is 48.5 Å². The number of carbonyl (C=O) groups is 1. The fourth-order valence-electron chi connectivity index (χ4n) is 5.34. The molecule has 12 heteroatoms. The molecule has 2 aromatic heterocycles. The highest BCUT2D eigenvalue weighted by Crippen LogP contribution is 2.46. The van der Waals surface area contributed by atoms with Gasteiger partial charge in [-0.15, -0.1) is 11.3 Å². The molecule has 1 spiro atoms. The van der Waals surface area contributed by atoms with E-state index in [4.69, 9.17) is 14.6 Å².